The monoisotopic (exact) mass is 249 g/mol. The fourth-order valence-corrected chi connectivity index (χ4v) is 2.08. The Labute approximate surface area is 109 Å². The molecule has 1 aromatic heterocycles. The smallest absolute Gasteiger partial charge is 0.222 e. The number of aromatic nitrogens is 2. The number of ketones is 1. The van der Waals surface area contributed by atoms with E-state index < -0.39 is 0 Å². The van der Waals surface area contributed by atoms with Crippen molar-refractivity contribution >= 4 is 11.7 Å². The van der Waals surface area contributed by atoms with Gasteiger partial charge in [-0.3, -0.25) is 4.79 Å². The van der Waals surface area contributed by atoms with E-state index in [9.17, 15) is 4.79 Å². The van der Waals surface area contributed by atoms with Gasteiger partial charge in [-0.25, -0.2) is 9.97 Å². The molecule has 0 aliphatic rings. The molecule has 0 amide bonds. The van der Waals surface area contributed by atoms with E-state index >= 15 is 0 Å². The lowest BCUT2D eigenvalue weighted by molar-refractivity contribution is 0.0979. The van der Waals surface area contributed by atoms with Gasteiger partial charge in [-0.2, -0.15) is 0 Å². The number of nitrogens with zero attached hydrogens (tertiary/aromatic N) is 2. The number of Topliss-reactive ketones (excluding diaryl/α,β-unsaturated/α-hetero) is 1. The number of hydrogen-bond donors (Lipinski definition) is 1. The van der Waals surface area contributed by atoms with Crippen molar-refractivity contribution in [2.24, 2.45) is 0 Å². The summed E-state index contributed by atoms with van der Waals surface area (Å²) in [6.45, 7) is 6.27. The van der Waals surface area contributed by atoms with Crippen LogP contribution in [0.5, 0.6) is 0 Å². The molecular weight excluding hydrogens is 226 g/mol. The average molecular weight is 249 g/mol. The molecule has 0 bridgehead atoms. The molecule has 4 heteroatoms. The van der Waals surface area contributed by atoms with Crippen LogP contribution in [0.2, 0.25) is 0 Å². The second-order valence-corrected chi connectivity index (χ2v) is 4.43. The van der Waals surface area contributed by atoms with Crippen molar-refractivity contribution in [3.8, 4) is 0 Å². The predicted molar refractivity (Wildman–Crippen MR) is 74.1 cm³/mol. The fraction of sp³-hybridized carbons (Fsp3) is 0.643. The van der Waals surface area contributed by atoms with Gasteiger partial charge in [-0.05, 0) is 19.3 Å². The van der Waals surface area contributed by atoms with Crippen molar-refractivity contribution in [3.05, 3.63) is 17.5 Å². The summed E-state index contributed by atoms with van der Waals surface area (Å²) in [6.07, 6.45) is 5.07. The van der Waals surface area contributed by atoms with Gasteiger partial charge >= 0.3 is 0 Å². The summed E-state index contributed by atoms with van der Waals surface area (Å²) < 4.78 is 0. The first-order valence-corrected chi connectivity index (χ1v) is 6.75. The maximum absolute atomic E-state index is 12.1. The van der Waals surface area contributed by atoms with Crippen LogP contribution in [0.1, 0.15) is 68.4 Å². The molecule has 0 saturated heterocycles. The summed E-state index contributed by atoms with van der Waals surface area (Å²) in [5.74, 6) is 1.07. The number of nitrogens with one attached hydrogen (secondary N) is 1. The van der Waals surface area contributed by atoms with Crippen LogP contribution in [0.15, 0.2) is 6.20 Å². The van der Waals surface area contributed by atoms with E-state index in [0.29, 0.717) is 23.9 Å². The van der Waals surface area contributed by atoms with Crippen LogP contribution in [0, 0.1) is 0 Å². The van der Waals surface area contributed by atoms with Crippen LogP contribution in [0.25, 0.3) is 0 Å². The van der Waals surface area contributed by atoms with Crippen molar-refractivity contribution in [3.63, 3.8) is 0 Å². The van der Waals surface area contributed by atoms with Gasteiger partial charge in [0.1, 0.15) is 0 Å². The quantitative estimate of drug-likeness (QED) is 0.752. The Hall–Kier alpha value is -1.45. The second kappa shape index (κ2) is 7.09. The topological polar surface area (TPSA) is 54.9 Å². The summed E-state index contributed by atoms with van der Waals surface area (Å²) in [5.41, 5.74) is 1.60. The Morgan fingerprint density at radius 3 is 2.50 bits per heavy atom. The Balaban J connectivity index is 3.19. The standard InChI is InChI=1S/C14H23N3O/c1-5-8-12(18)11-9-16-14(15-4)17-13(11)10(6-2)7-3/h9-10H,5-8H2,1-4H3,(H,15,16,17). The third-order valence-corrected chi connectivity index (χ3v) is 3.19. The first-order chi connectivity index (χ1) is 8.67. The van der Waals surface area contributed by atoms with Gasteiger partial charge in [0, 0.05) is 25.6 Å². The Kier molecular flexibility index (Phi) is 5.75. The number of carbonyl (C=O) groups is 1. The molecule has 4 nitrogen and oxygen atoms in total. The normalized spacial score (nSPS) is 10.7. The lowest BCUT2D eigenvalue weighted by Gasteiger charge is -2.16. The van der Waals surface area contributed by atoms with E-state index in [1.54, 1.807) is 13.2 Å². The van der Waals surface area contributed by atoms with Gasteiger partial charge in [0.2, 0.25) is 5.95 Å². The minimum atomic E-state index is 0.155. The molecule has 0 fully saturated rings. The number of hydrogen-bond acceptors (Lipinski definition) is 4. The first-order valence-electron chi connectivity index (χ1n) is 6.75. The van der Waals surface area contributed by atoms with Gasteiger partial charge in [0.15, 0.2) is 5.78 Å². The van der Waals surface area contributed by atoms with Gasteiger partial charge in [-0.15, -0.1) is 0 Å². The molecule has 0 spiro atoms. The van der Waals surface area contributed by atoms with Gasteiger partial charge in [0.25, 0.3) is 0 Å². The fourth-order valence-electron chi connectivity index (χ4n) is 2.08. The van der Waals surface area contributed by atoms with Crippen molar-refractivity contribution in [1.29, 1.82) is 0 Å². The molecule has 0 saturated carbocycles. The number of anilines is 1. The number of carbonyl (C=O) groups excluding carboxylic acids is 1. The summed E-state index contributed by atoms with van der Waals surface area (Å²) in [4.78, 5) is 20.8. The average Bonchev–Trinajstić information content (AvgIpc) is 2.40. The Bertz CT molecular complexity index is 400. The zero-order valence-corrected chi connectivity index (χ0v) is 11.8. The molecular formula is C14H23N3O. The lowest BCUT2D eigenvalue weighted by atomic mass is 9.93. The lowest BCUT2D eigenvalue weighted by Crippen LogP contribution is -2.12. The zero-order valence-electron chi connectivity index (χ0n) is 11.8. The highest BCUT2D eigenvalue weighted by molar-refractivity contribution is 5.97. The number of rotatable bonds is 7. The SMILES string of the molecule is CCCC(=O)c1cnc(NC)nc1C(CC)CC. The van der Waals surface area contributed by atoms with Crippen molar-refractivity contribution in [2.75, 3.05) is 12.4 Å². The molecule has 18 heavy (non-hydrogen) atoms. The molecule has 0 aliphatic carbocycles. The maximum Gasteiger partial charge on any atom is 0.222 e. The van der Waals surface area contributed by atoms with E-state index in [1.807, 2.05) is 6.92 Å². The van der Waals surface area contributed by atoms with Crippen LogP contribution in [0.3, 0.4) is 0 Å². The van der Waals surface area contributed by atoms with Crippen LogP contribution < -0.4 is 5.32 Å². The molecule has 0 radical (unpaired) electrons. The molecule has 1 N–H and O–H groups in total. The maximum atomic E-state index is 12.1. The highest BCUT2D eigenvalue weighted by atomic mass is 16.1. The molecule has 1 rings (SSSR count). The molecule has 0 unspecified atom stereocenters. The van der Waals surface area contributed by atoms with Gasteiger partial charge in [-0.1, -0.05) is 20.8 Å². The summed E-state index contributed by atoms with van der Waals surface area (Å²) in [6, 6.07) is 0. The minimum absolute atomic E-state index is 0.155. The summed E-state index contributed by atoms with van der Waals surface area (Å²) in [7, 11) is 1.79. The third-order valence-electron chi connectivity index (χ3n) is 3.19. The summed E-state index contributed by atoms with van der Waals surface area (Å²) in [5, 5.41) is 2.94. The van der Waals surface area contributed by atoms with Crippen LogP contribution in [0.4, 0.5) is 5.95 Å². The molecule has 0 aliphatic heterocycles. The van der Waals surface area contributed by atoms with Crippen LogP contribution >= 0.6 is 0 Å². The van der Waals surface area contributed by atoms with Gasteiger partial charge in [0.05, 0.1) is 11.3 Å². The van der Waals surface area contributed by atoms with E-state index in [-0.39, 0.29) is 5.78 Å². The predicted octanol–water partition coefficient (Wildman–Crippen LogP) is 3.40. The van der Waals surface area contributed by atoms with Crippen molar-refractivity contribution in [1.82, 2.24) is 9.97 Å². The Morgan fingerprint density at radius 2 is 2.00 bits per heavy atom. The first kappa shape index (κ1) is 14.6. The zero-order chi connectivity index (χ0) is 13.5. The van der Waals surface area contributed by atoms with Crippen molar-refractivity contribution < 1.29 is 4.79 Å². The van der Waals surface area contributed by atoms with Crippen LogP contribution in [-0.2, 0) is 0 Å². The van der Waals surface area contributed by atoms with Gasteiger partial charge < -0.3 is 5.32 Å². The van der Waals surface area contributed by atoms with E-state index in [0.717, 1.165) is 25.0 Å². The molecule has 0 atom stereocenters. The molecule has 1 heterocycles. The van der Waals surface area contributed by atoms with E-state index in [4.69, 9.17) is 0 Å². The van der Waals surface area contributed by atoms with E-state index in [2.05, 4.69) is 29.1 Å². The Morgan fingerprint density at radius 1 is 1.33 bits per heavy atom. The summed E-state index contributed by atoms with van der Waals surface area (Å²) >= 11 is 0. The van der Waals surface area contributed by atoms with Crippen LogP contribution in [-0.4, -0.2) is 22.8 Å². The molecule has 1 aromatic rings. The highest BCUT2D eigenvalue weighted by Crippen LogP contribution is 2.26. The molecule has 0 aromatic carbocycles. The highest BCUT2D eigenvalue weighted by Gasteiger charge is 2.19. The third kappa shape index (κ3) is 3.28. The van der Waals surface area contributed by atoms with Crippen molar-refractivity contribution in [2.45, 2.75) is 52.4 Å². The largest absolute Gasteiger partial charge is 0.357 e. The minimum Gasteiger partial charge on any atom is -0.357 e. The second-order valence-electron chi connectivity index (χ2n) is 4.43. The van der Waals surface area contributed by atoms with E-state index in [1.165, 1.54) is 0 Å². The molecule has 100 valence electrons.